The number of fused-ring (bicyclic) bond motifs is 3. The summed E-state index contributed by atoms with van der Waals surface area (Å²) < 4.78 is 40.7. The molecule has 32 heavy (non-hydrogen) atoms. The number of nitrogens with zero attached hydrogens (tertiary/aromatic N) is 3. The number of rotatable bonds is 2. The van der Waals surface area contributed by atoms with Gasteiger partial charge in [0.2, 0.25) is 5.95 Å². The predicted molar refractivity (Wildman–Crippen MR) is 122 cm³/mol. The number of nitrogens with one attached hydrogen (secondary N) is 1. The lowest BCUT2D eigenvalue weighted by Crippen LogP contribution is -2.37. The van der Waals surface area contributed by atoms with E-state index in [-0.39, 0.29) is 5.95 Å². The summed E-state index contributed by atoms with van der Waals surface area (Å²) in [5.41, 5.74) is 2.67. The van der Waals surface area contributed by atoms with Crippen LogP contribution in [-0.4, -0.2) is 21.5 Å². The lowest BCUT2D eigenvalue weighted by atomic mass is 9.92. The van der Waals surface area contributed by atoms with Gasteiger partial charge < -0.3 is 9.88 Å². The van der Waals surface area contributed by atoms with Crippen LogP contribution in [0, 0.1) is 0 Å². The molecule has 0 bridgehead atoms. The Bertz CT molecular complexity index is 1320. The van der Waals surface area contributed by atoms with Crippen LogP contribution in [0.4, 0.5) is 19.1 Å². The Morgan fingerprint density at radius 1 is 1.06 bits per heavy atom. The van der Waals surface area contributed by atoms with Gasteiger partial charge in [-0.2, -0.15) is 13.2 Å². The Kier molecular flexibility index (Phi) is 5.34. The summed E-state index contributed by atoms with van der Waals surface area (Å²) in [4.78, 5) is 13.2. The van der Waals surface area contributed by atoms with Crippen molar-refractivity contribution in [3.05, 3.63) is 85.7 Å². The molecule has 4 aromatic rings. The maximum absolute atomic E-state index is 13.3. The molecule has 3 heterocycles. The van der Waals surface area contributed by atoms with Gasteiger partial charge in [-0.3, -0.25) is 0 Å². The number of anilines is 1. The normalized spacial score (nSPS) is 16.4. The van der Waals surface area contributed by atoms with E-state index in [4.69, 9.17) is 23.2 Å². The molecule has 0 amide bonds. The molecular formula is C22H14BrCl2F3N4. The number of H-pyrrole nitrogens is 1. The maximum Gasteiger partial charge on any atom is 0.433 e. The number of halogens is 6. The van der Waals surface area contributed by atoms with Crippen LogP contribution in [0.25, 0.3) is 10.9 Å². The average Bonchev–Trinajstić information content (AvgIpc) is 3.15. The summed E-state index contributed by atoms with van der Waals surface area (Å²) in [7, 11) is 0. The zero-order chi connectivity index (χ0) is 22.6. The number of alkyl halides is 3. The van der Waals surface area contributed by atoms with Gasteiger partial charge >= 0.3 is 6.18 Å². The lowest BCUT2D eigenvalue weighted by Gasteiger charge is -2.36. The minimum Gasteiger partial charge on any atom is -0.356 e. The van der Waals surface area contributed by atoms with Crippen LogP contribution in [0.5, 0.6) is 0 Å². The smallest absolute Gasteiger partial charge is 0.356 e. The van der Waals surface area contributed by atoms with Gasteiger partial charge in [0.15, 0.2) is 0 Å². The van der Waals surface area contributed by atoms with Gasteiger partial charge in [0.05, 0.1) is 11.1 Å². The highest BCUT2D eigenvalue weighted by atomic mass is 79.9. The van der Waals surface area contributed by atoms with Gasteiger partial charge in [-0.1, -0.05) is 35.3 Å². The van der Waals surface area contributed by atoms with Crippen molar-refractivity contribution < 1.29 is 13.2 Å². The molecule has 2 aromatic carbocycles. The Labute approximate surface area is 199 Å². The Balaban J connectivity index is 1.71. The lowest BCUT2D eigenvalue weighted by molar-refractivity contribution is -0.141. The van der Waals surface area contributed by atoms with Crippen LogP contribution >= 0.6 is 39.1 Å². The summed E-state index contributed by atoms with van der Waals surface area (Å²) in [5, 5.41) is 2.12. The largest absolute Gasteiger partial charge is 0.433 e. The molecular weight excluding hydrogens is 528 g/mol. The first-order valence-electron chi connectivity index (χ1n) is 9.65. The third kappa shape index (κ3) is 3.64. The van der Waals surface area contributed by atoms with E-state index in [0.717, 1.165) is 44.5 Å². The van der Waals surface area contributed by atoms with E-state index in [1.54, 1.807) is 23.1 Å². The van der Waals surface area contributed by atoms with E-state index >= 15 is 0 Å². The molecule has 0 aliphatic carbocycles. The van der Waals surface area contributed by atoms with Gasteiger partial charge in [0.1, 0.15) is 5.69 Å². The highest BCUT2D eigenvalue weighted by Crippen LogP contribution is 2.43. The molecule has 10 heteroatoms. The topological polar surface area (TPSA) is 44.8 Å². The average molecular weight is 542 g/mol. The first-order chi connectivity index (χ1) is 15.2. The molecule has 1 aliphatic heterocycles. The van der Waals surface area contributed by atoms with Crippen LogP contribution < -0.4 is 4.90 Å². The summed E-state index contributed by atoms with van der Waals surface area (Å²) in [6.07, 6.45) is -2.84. The SMILES string of the molecule is FC(F)(F)c1ccnc(N2CCc3c([nH]c4ccc(Cl)c(Br)c34)C2c2ccc(Cl)cc2)n1. The van der Waals surface area contributed by atoms with Crippen molar-refractivity contribution in [2.75, 3.05) is 11.4 Å². The molecule has 164 valence electrons. The third-order valence-corrected chi connectivity index (χ3v) is 7.17. The van der Waals surface area contributed by atoms with E-state index in [9.17, 15) is 13.2 Å². The molecule has 4 nitrogen and oxygen atoms in total. The molecule has 5 rings (SSSR count). The summed E-state index contributed by atoms with van der Waals surface area (Å²) in [6.45, 7) is 0.424. The number of hydrogen-bond donors (Lipinski definition) is 1. The molecule has 0 saturated heterocycles. The quantitative estimate of drug-likeness (QED) is 0.292. The van der Waals surface area contributed by atoms with Crippen LogP contribution in [0.15, 0.2) is 53.1 Å². The number of benzene rings is 2. The molecule has 0 radical (unpaired) electrons. The monoisotopic (exact) mass is 540 g/mol. The Morgan fingerprint density at radius 2 is 1.81 bits per heavy atom. The minimum absolute atomic E-state index is 0.0150. The fourth-order valence-corrected chi connectivity index (χ4v) is 5.04. The summed E-state index contributed by atoms with van der Waals surface area (Å²) in [5.74, 6) is 0.0150. The van der Waals surface area contributed by atoms with Crippen LogP contribution in [0.1, 0.15) is 28.6 Å². The second-order valence-corrected chi connectivity index (χ2v) is 9.07. The van der Waals surface area contributed by atoms with Gasteiger partial charge in [0.25, 0.3) is 0 Å². The fourth-order valence-electron chi connectivity index (χ4n) is 4.17. The summed E-state index contributed by atoms with van der Waals surface area (Å²) in [6, 6.07) is 11.4. The van der Waals surface area contributed by atoms with E-state index in [2.05, 4.69) is 30.9 Å². The first kappa shape index (κ1) is 21.6. The highest BCUT2D eigenvalue weighted by Gasteiger charge is 2.37. The molecule has 0 saturated carbocycles. The van der Waals surface area contributed by atoms with Gasteiger partial charge in [-0.15, -0.1) is 0 Å². The number of hydrogen-bond acceptors (Lipinski definition) is 3. The van der Waals surface area contributed by atoms with Crippen LogP contribution in [0.3, 0.4) is 0 Å². The number of aromatic amines is 1. The molecule has 1 aliphatic rings. The van der Waals surface area contributed by atoms with Crippen LogP contribution in [0.2, 0.25) is 10.0 Å². The third-order valence-electron chi connectivity index (χ3n) is 5.55. The highest BCUT2D eigenvalue weighted by molar-refractivity contribution is 9.10. The van der Waals surface area contributed by atoms with E-state index < -0.39 is 17.9 Å². The van der Waals surface area contributed by atoms with Gasteiger partial charge in [-0.25, -0.2) is 9.97 Å². The van der Waals surface area contributed by atoms with Crippen molar-refractivity contribution in [3.8, 4) is 0 Å². The molecule has 1 atom stereocenters. The minimum atomic E-state index is -4.56. The van der Waals surface area contributed by atoms with E-state index in [1.165, 1.54) is 0 Å². The first-order valence-corrected chi connectivity index (χ1v) is 11.2. The molecule has 1 N–H and O–H groups in total. The van der Waals surface area contributed by atoms with Crippen molar-refractivity contribution in [1.29, 1.82) is 0 Å². The number of aromatic nitrogens is 3. The van der Waals surface area contributed by atoms with Crippen molar-refractivity contribution in [2.45, 2.75) is 18.6 Å². The molecule has 0 fully saturated rings. The van der Waals surface area contributed by atoms with Crippen LogP contribution in [-0.2, 0) is 12.6 Å². The van der Waals surface area contributed by atoms with Crippen molar-refractivity contribution in [3.63, 3.8) is 0 Å². The fraction of sp³-hybridized carbons (Fsp3) is 0.182. The Hall–Kier alpha value is -2.29. The zero-order valence-corrected chi connectivity index (χ0v) is 19.3. The van der Waals surface area contributed by atoms with E-state index in [0.29, 0.717) is 23.0 Å². The van der Waals surface area contributed by atoms with Crippen molar-refractivity contribution >= 4 is 56.0 Å². The van der Waals surface area contributed by atoms with Gasteiger partial charge in [0, 0.05) is 38.8 Å². The van der Waals surface area contributed by atoms with Crippen molar-refractivity contribution in [2.24, 2.45) is 0 Å². The molecule has 1 unspecified atom stereocenters. The molecule has 2 aromatic heterocycles. The maximum atomic E-state index is 13.3. The second kappa shape index (κ2) is 7.93. The second-order valence-electron chi connectivity index (χ2n) is 7.44. The zero-order valence-electron chi connectivity index (χ0n) is 16.2. The Morgan fingerprint density at radius 3 is 2.53 bits per heavy atom. The van der Waals surface area contributed by atoms with E-state index in [1.807, 2.05) is 18.2 Å². The van der Waals surface area contributed by atoms with Gasteiger partial charge in [-0.05, 0) is 63.8 Å². The van der Waals surface area contributed by atoms with Crippen molar-refractivity contribution in [1.82, 2.24) is 15.0 Å². The molecule has 0 spiro atoms. The predicted octanol–water partition coefficient (Wildman–Crippen LogP) is 7.20. The standard InChI is InChI=1S/C22H14BrCl2F3N4/c23-18-14(25)5-6-15-17(18)13-8-10-32(21-29-9-7-16(31-21)22(26,27)28)20(19(13)30-15)11-1-3-12(24)4-2-11/h1-7,9,20,30H,8,10H2. The summed E-state index contributed by atoms with van der Waals surface area (Å²) >= 11 is 16.0.